The number of rotatable bonds is 9. The van der Waals surface area contributed by atoms with Gasteiger partial charge in [-0.15, -0.1) is 0 Å². The van der Waals surface area contributed by atoms with Crippen molar-refractivity contribution < 1.29 is 13.3 Å². The molecule has 1 atom stereocenters. The minimum atomic E-state index is -3.67. The molecule has 2 aromatic rings. The molecule has 6 nitrogen and oxygen atoms in total. The Balaban J connectivity index is 1.98. The van der Waals surface area contributed by atoms with Crippen LogP contribution in [0.15, 0.2) is 69.7 Å². The third kappa shape index (κ3) is 7.22. The summed E-state index contributed by atoms with van der Waals surface area (Å²) in [4.78, 5) is 7.72. The smallest absolute Gasteiger partial charge is 0.276 e. The third-order valence-corrected chi connectivity index (χ3v) is 4.75. The van der Waals surface area contributed by atoms with Crippen molar-refractivity contribution in [3.63, 3.8) is 0 Å². The highest BCUT2D eigenvalue weighted by molar-refractivity contribution is 7.89. The van der Waals surface area contributed by atoms with Gasteiger partial charge in [-0.3, -0.25) is 0 Å². The van der Waals surface area contributed by atoms with Gasteiger partial charge in [-0.05, 0) is 48.1 Å². The highest BCUT2D eigenvalue weighted by atomic mass is 32.2. The molecule has 0 aliphatic carbocycles. The van der Waals surface area contributed by atoms with Crippen LogP contribution in [-0.4, -0.2) is 20.8 Å². The largest absolute Gasteiger partial charge is 0.357 e. The van der Waals surface area contributed by atoms with Gasteiger partial charge in [0, 0.05) is 12.4 Å². The molecule has 0 saturated heterocycles. The molecule has 0 aliphatic heterocycles. The molecule has 2 rings (SSSR count). The first-order valence-electron chi connectivity index (χ1n) is 8.76. The van der Waals surface area contributed by atoms with E-state index in [1.807, 2.05) is 57.2 Å². The quantitative estimate of drug-likeness (QED) is 0.524. The second kappa shape index (κ2) is 9.87. The average Bonchev–Trinajstić information content (AvgIpc) is 2.62. The van der Waals surface area contributed by atoms with E-state index in [2.05, 4.69) is 15.1 Å². The maximum Gasteiger partial charge on any atom is 0.276 e. The second-order valence-corrected chi connectivity index (χ2v) is 8.27. The van der Waals surface area contributed by atoms with Gasteiger partial charge in [-0.25, -0.2) is 4.83 Å². The summed E-state index contributed by atoms with van der Waals surface area (Å²) < 4.78 is 24.6. The molecule has 0 saturated carbocycles. The van der Waals surface area contributed by atoms with Crippen molar-refractivity contribution in [2.75, 3.05) is 0 Å². The number of para-hydroxylation sites is 1. The summed E-state index contributed by atoms with van der Waals surface area (Å²) in [5.41, 5.74) is 0.893. The molecule has 0 amide bonds. The molecule has 144 valence electrons. The fourth-order valence-electron chi connectivity index (χ4n) is 2.24. The Hall–Kier alpha value is -2.67. The summed E-state index contributed by atoms with van der Waals surface area (Å²) in [5.74, 6) is 0.915. The normalized spacial score (nSPS) is 13.3. The highest BCUT2D eigenvalue weighted by Gasteiger charge is 2.13. The fourth-order valence-corrected chi connectivity index (χ4v) is 3.11. The molecule has 0 bridgehead atoms. The van der Waals surface area contributed by atoms with Crippen LogP contribution in [0.2, 0.25) is 0 Å². The molecule has 7 heteroatoms. The van der Waals surface area contributed by atoms with Crippen LogP contribution in [0, 0.1) is 11.8 Å². The zero-order valence-corrected chi connectivity index (χ0v) is 16.6. The third-order valence-electron chi connectivity index (χ3n) is 3.53. The van der Waals surface area contributed by atoms with Crippen molar-refractivity contribution in [2.45, 2.75) is 32.1 Å². The summed E-state index contributed by atoms with van der Waals surface area (Å²) in [5, 5.41) is 7.77. The van der Waals surface area contributed by atoms with Crippen LogP contribution in [0.4, 0.5) is 0 Å². The lowest BCUT2D eigenvalue weighted by Gasteiger charge is -2.09. The maximum atomic E-state index is 12.3. The number of sulfonamides is 1. The monoisotopic (exact) mass is 387 g/mol. The lowest BCUT2D eigenvalue weighted by Crippen LogP contribution is -2.19. The summed E-state index contributed by atoms with van der Waals surface area (Å²) in [7, 11) is -3.67. The van der Waals surface area contributed by atoms with E-state index < -0.39 is 10.0 Å². The minimum Gasteiger partial charge on any atom is -0.357 e. The van der Waals surface area contributed by atoms with Gasteiger partial charge in [0.1, 0.15) is 0 Å². The zero-order chi connectivity index (χ0) is 19.7. The molecule has 0 spiro atoms. The van der Waals surface area contributed by atoms with E-state index in [0.717, 1.165) is 5.56 Å². The van der Waals surface area contributed by atoms with Crippen molar-refractivity contribution >= 4 is 22.5 Å². The van der Waals surface area contributed by atoms with Crippen LogP contribution in [0.25, 0.3) is 0 Å². The number of hydrogen-bond acceptors (Lipinski definition) is 5. The van der Waals surface area contributed by atoms with Crippen molar-refractivity contribution in [1.82, 2.24) is 4.83 Å². The zero-order valence-electron chi connectivity index (χ0n) is 15.7. The number of benzene rings is 2. The molecule has 0 fully saturated rings. The fraction of sp³-hybridized carbons (Fsp3) is 0.300. The van der Waals surface area contributed by atoms with Gasteiger partial charge in [0.25, 0.3) is 10.0 Å². The summed E-state index contributed by atoms with van der Waals surface area (Å²) in [6.45, 7) is 5.83. The Bertz CT molecular complexity index is 878. The first-order chi connectivity index (χ1) is 12.9. The molecule has 27 heavy (non-hydrogen) atoms. The molecule has 0 aliphatic rings. The van der Waals surface area contributed by atoms with Crippen molar-refractivity contribution in [2.24, 2.45) is 22.1 Å². The first kappa shape index (κ1) is 20.6. The van der Waals surface area contributed by atoms with Crippen molar-refractivity contribution in [3.8, 4) is 5.75 Å². The summed E-state index contributed by atoms with van der Waals surface area (Å²) >= 11 is 0. The van der Waals surface area contributed by atoms with Gasteiger partial charge in [0.05, 0.1) is 4.90 Å². The number of hydrazone groups is 1. The van der Waals surface area contributed by atoms with E-state index in [1.165, 1.54) is 0 Å². The molecule has 1 unspecified atom stereocenters. The van der Waals surface area contributed by atoms with E-state index >= 15 is 0 Å². The lowest BCUT2D eigenvalue weighted by atomic mass is 10.0. The van der Waals surface area contributed by atoms with Crippen LogP contribution < -0.4 is 9.67 Å². The topological polar surface area (TPSA) is 80.1 Å². The Kier molecular flexibility index (Phi) is 7.55. The molecule has 0 heterocycles. The predicted molar refractivity (Wildman–Crippen MR) is 109 cm³/mol. The van der Waals surface area contributed by atoms with Crippen LogP contribution in [0.5, 0.6) is 5.75 Å². The SMILES string of the molecule is CC(C)/C=N/NS(=O)(=O)c1cccc(CC(C)/C=N/Oc2ccccc2)c1. The Morgan fingerprint density at radius 2 is 1.78 bits per heavy atom. The number of nitrogens with one attached hydrogen (secondary N) is 1. The van der Waals surface area contributed by atoms with E-state index in [4.69, 9.17) is 4.84 Å². The predicted octanol–water partition coefficient (Wildman–Crippen LogP) is 3.85. The molecular formula is C20H25N3O3S. The molecular weight excluding hydrogens is 362 g/mol. The number of hydrogen-bond donors (Lipinski definition) is 1. The number of nitrogens with zero attached hydrogens (tertiary/aromatic N) is 2. The van der Waals surface area contributed by atoms with Crippen LogP contribution in [0.3, 0.4) is 0 Å². The van der Waals surface area contributed by atoms with Gasteiger partial charge in [0.2, 0.25) is 0 Å². The summed E-state index contributed by atoms with van der Waals surface area (Å²) in [6, 6.07) is 16.1. The van der Waals surface area contributed by atoms with E-state index in [9.17, 15) is 8.42 Å². The number of oxime groups is 1. The van der Waals surface area contributed by atoms with E-state index in [0.29, 0.717) is 12.2 Å². The Labute approximate surface area is 161 Å². The van der Waals surface area contributed by atoms with Crippen LogP contribution in [-0.2, 0) is 16.4 Å². The van der Waals surface area contributed by atoms with Crippen molar-refractivity contribution in [1.29, 1.82) is 0 Å². The molecule has 1 N–H and O–H groups in total. The lowest BCUT2D eigenvalue weighted by molar-refractivity contribution is 0.340. The molecule has 0 radical (unpaired) electrons. The van der Waals surface area contributed by atoms with E-state index in [1.54, 1.807) is 30.6 Å². The standard InChI is InChI=1S/C20H25N3O3S/c1-16(2)14-21-23-27(24,25)20-11-7-8-18(13-20)12-17(3)15-22-26-19-9-5-4-6-10-19/h4-11,13-17,23H,12H2,1-3H3/b21-14+,22-15+. The van der Waals surface area contributed by atoms with Gasteiger partial charge in [-0.2, -0.15) is 13.5 Å². The van der Waals surface area contributed by atoms with Crippen LogP contribution in [0.1, 0.15) is 26.3 Å². The summed E-state index contributed by atoms with van der Waals surface area (Å²) in [6.07, 6.45) is 3.90. The minimum absolute atomic E-state index is 0.0820. The average molecular weight is 388 g/mol. The van der Waals surface area contributed by atoms with Gasteiger partial charge < -0.3 is 4.84 Å². The Morgan fingerprint density at radius 3 is 2.48 bits per heavy atom. The van der Waals surface area contributed by atoms with Gasteiger partial charge >= 0.3 is 0 Å². The Morgan fingerprint density at radius 1 is 1.04 bits per heavy atom. The first-order valence-corrected chi connectivity index (χ1v) is 10.2. The molecule has 2 aromatic carbocycles. The van der Waals surface area contributed by atoms with Crippen LogP contribution >= 0.6 is 0 Å². The maximum absolute atomic E-state index is 12.3. The molecule has 0 aromatic heterocycles. The van der Waals surface area contributed by atoms with E-state index in [-0.39, 0.29) is 16.7 Å². The second-order valence-electron chi connectivity index (χ2n) is 6.60. The van der Waals surface area contributed by atoms with Gasteiger partial charge in [0.15, 0.2) is 5.75 Å². The van der Waals surface area contributed by atoms with Gasteiger partial charge in [-0.1, -0.05) is 56.3 Å². The highest BCUT2D eigenvalue weighted by Crippen LogP contribution is 2.15. The van der Waals surface area contributed by atoms with Crippen molar-refractivity contribution in [3.05, 3.63) is 60.2 Å².